The molecule has 0 fully saturated rings. The first-order chi connectivity index (χ1) is 10.8. The highest BCUT2D eigenvalue weighted by atomic mass is 32.1. The molecular weight excluding hydrogens is 296 g/mol. The van der Waals surface area contributed by atoms with Crippen LogP contribution in [0.15, 0.2) is 48.7 Å². The Labute approximate surface area is 131 Å². The van der Waals surface area contributed by atoms with Crippen molar-refractivity contribution in [2.45, 2.75) is 0 Å². The number of ether oxygens (including phenoxy) is 2. The van der Waals surface area contributed by atoms with Crippen LogP contribution in [0, 0.1) is 0 Å². The summed E-state index contributed by atoms with van der Waals surface area (Å²) in [5, 5.41) is 0. The van der Waals surface area contributed by atoms with Crippen molar-refractivity contribution in [3.63, 3.8) is 0 Å². The van der Waals surface area contributed by atoms with Crippen molar-refractivity contribution in [2.24, 2.45) is 0 Å². The lowest BCUT2D eigenvalue weighted by atomic mass is 10.1. The first-order valence-electron chi connectivity index (χ1n) is 6.89. The van der Waals surface area contributed by atoms with Crippen molar-refractivity contribution < 1.29 is 9.47 Å². The average molecular weight is 310 g/mol. The summed E-state index contributed by atoms with van der Waals surface area (Å²) in [5.41, 5.74) is 3.18. The second-order valence-corrected chi connectivity index (χ2v) is 5.91. The van der Waals surface area contributed by atoms with Gasteiger partial charge in [-0.1, -0.05) is 23.5 Å². The van der Waals surface area contributed by atoms with Gasteiger partial charge in [-0.25, -0.2) is 4.98 Å². The standard InChI is InChI=1S/C17H14N2O2S/c1-20-11-7-8-12(15(9-11)21-2)14-10-18-17-19(14)13-5-3-4-6-16(13)22-17/h3-10H,1-2H3. The minimum Gasteiger partial charge on any atom is -0.497 e. The molecule has 0 bridgehead atoms. The first-order valence-corrected chi connectivity index (χ1v) is 7.71. The van der Waals surface area contributed by atoms with Gasteiger partial charge in [0.15, 0.2) is 4.96 Å². The normalized spacial score (nSPS) is 11.2. The van der Waals surface area contributed by atoms with Gasteiger partial charge < -0.3 is 9.47 Å². The van der Waals surface area contributed by atoms with Gasteiger partial charge >= 0.3 is 0 Å². The van der Waals surface area contributed by atoms with Crippen molar-refractivity contribution in [3.8, 4) is 22.8 Å². The third-order valence-electron chi connectivity index (χ3n) is 3.72. The number of hydrogen-bond donors (Lipinski definition) is 0. The zero-order valence-electron chi connectivity index (χ0n) is 12.2. The summed E-state index contributed by atoms with van der Waals surface area (Å²) in [6.45, 7) is 0. The molecule has 5 heteroatoms. The molecule has 2 heterocycles. The van der Waals surface area contributed by atoms with E-state index in [2.05, 4.69) is 21.5 Å². The smallest absolute Gasteiger partial charge is 0.195 e. The number of imidazole rings is 1. The Hall–Kier alpha value is -2.53. The van der Waals surface area contributed by atoms with Gasteiger partial charge in [0, 0.05) is 11.6 Å². The molecule has 0 saturated heterocycles. The summed E-state index contributed by atoms with van der Waals surface area (Å²) in [6, 6.07) is 14.2. The van der Waals surface area contributed by atoms with E-state index >= 15 is 0 Å². The van der Waals surface area contributed by atoms with Crippen LogP contribution in [0.4, 0.5) is 0 Å². The van der Waals surface area contributed by atoms with Crippen LogP contribution in [0.3, 0.4) is 0 Å². The van der Waals surface area contributed by atoms with Crippen LogP contribution in [-0.2, 0) is 0 Å². The molecular formula is C17H14N2O2S. The zero-order valence-corrected chi connectivity index (χ0v) is 13.1. The molecule has 0 aliphatic rings. The minimum atomic E-state index is 0.774. The fourth-order valence-corrected chi connectivity index (χ4v) is 3.67. The van der Waals surface area contributed by atoms with E-state index in [4.69, 9.17) is 9.47 Å². The largest absolute Gasteiger partial charge is 0.497 e. The Balaban J connectivity index is 2.02. The fraction of sp³-hybridized carbons (Fsp3) is 0.118. The van der Waals surface area contributed by atoms with Crippen molar-refractivity contribution in [1.29, 1.82) is 0 Å². The van der Waals surface area contributed by atoms with Gasteiger partial charge in [0.1, 0.15) is 11.5 Å². The Morgan fingerprint density at radius 2 is 1.91 bits per heavy atom. The molecule has 0 unspecified atom stereocenters. The summed E-state index contributed by atoms with van der Waals surface area (Å²) in [5.74, 6) is 1.55. The number of nitrogens with zero attached hydrogens (tertiary/aromatic N) is 2. The SMILES string of the molecule is COc1ccc(-c2cnc3sc4ccccc4n23)c(OC)c1. The fourth-order valence-electron chi connectivity index (χ4n) is 2.67. The van der Waals surface area contributed by atoms with Crippen LogP contribution >= 0.6 is 11.3 Å². The van der Waals surface area contributed by atoms with Gasteiger partial charge in [-0.2, -0.15) is 0 Å². The van der Waals surface area contributed by atoms with Gasteiger partial charge in [0.2, 0.25) is 0 Å². The number of para-hydroxylation sites is 1. The third kappa shape index (κ3) is 1.86. The van der Waals surface area contributed by atoms with Crippen LogP contribution in [0.1, 0.15) is 0 Å². The lowest BCUT2D eigenvalue weighted by molar-refractivity contribution is 0.395. The van der Waals surface area contributed by atoms with Gasteiger partial charge in [-0.3, -0.25) is 4.40 Å². The van der Waals surface area contributed by atoms with Gasteiger partial charge in [-0.05, 0) is 24.3 Å². The zero-order chi connectivity index (χ0) is 15.1. The van der Waals surface area contributed by atoms with E-state index in [-0.39, 0.29) is 0 Å². The number of hydrogen-bond acceptors (Lipinski definition) is 4. The lowest BCUT2D eigenvalue weighted by Gasteiger charge is -2.10. The van der Waals surface area contributed by atoms with Crippen LogP contribution in [0.2, 0.25) is 0 Å². The number of benzene rings is 2. The predicted molar refractivity (Wildman–Crippen MR) is 89.1 cm³/mol. The molecule has 2 aromatic carbocycles. The molecule has 0 aliphatic heterocycles. The molecule has 0 N–H and O–H groups in total. The third-order valence-corrected chi connectivity index (χ3v) is 4.76. The van der Waals surface area contributed by atoms with E-state index < -0.39 is 0 Å². The summed E-state index contributed by atoms with van der Waals surface area (Å²) in [4.78, 5) is 5.53. The van der Waals surface area contributed by atoms with Gasteiger partial charge in [-0.15, -0.1) is 0 Å². The summed E-state index contributed by atoms with van der Waals surface area (Å²) in [7, 11) is 3.32. The molecule has 0 atom stereocenters. The van der Waals surface area contributed by atoms with Crippen molar-refractivity contribution in [2.75, 3.05) is 14.2 Å². The summed E-state index contributed by atoms with van der Waals surface area (Å²) >= 11 is 1.68. The second-order valence-electron chi connectivity index (χ2n) is 4.90. The van der Waals surface area contributed by atoms with E-state index in [1.807, 2.05) is 36.5 Å². The van der Waals surface area contributed by atoms with E-state index in [1.54, 1.807) is 25.6 Å². The van der Waals surface area contributed by atoms with Crippen LogP contribution in [0.25, 0.3) is 26.4 Å². The second kappa shape index (κ2) is 5.03. The highest BCUT2D eigenvalue weighted by Crippen LogP contribution is 2.37. The monoisotopic (exact) mass is 310 g/mol. The Kier molecular flexibility index (Phi) is 3.01. The number of aromatic nitrogens is 2. The number of thiazole rings is 1. The molecule has 4 nitrogen and oxygen atoms in total. The molecule has 0 radical (unpaired) electrons. The Morgan fingerprint density at radius 3 is 2.73 bits per heavy atom. The number of rotatable bonds is 3. The van der Waals surface area contributed by atoms with Crippen LogP contribution in [0.5, 0.6) is 11.5 Å². The number of methoxy groups -OCH3 is 2. The minimum absolute atomic E-state index is 0.774. The summed E-state index contributed by atoms with van der Waals surface area (Å²) < 4.78 is 14.2. The number of fused-ring (bicyclic) bond motifs is 3. The first kappa shape index (κ1) is 13.2. The molecule has 22 heavy (non-hydrogen) atoms. The van der Waals surface area contributed by atoms with Crippen LogP contribution < -0.4 is 9.47 Å². The topological polar surface area (TPSA) is 35.8 Å². The van der Waals surface area contributed by atoms with E-state index in [1.165, 1.54) is 4.70 Å². The quantitative estimate of drug-likeness (QED) is 0.568. The Morgan fingerprint density at radius 1 is 1.05 bits per heavy atom. The Bertz CT molecular complexity index is 971. The maximum atomic E-state index is 5.53. The molecule has 0 amide bonds. The lowest BCUT2D eigenvalue weighted by Crippen LogP contribution is -1.92. The van der Waals surface area contributed by atoms with E-state index in [0.717, 1.165) is 33.2 Å². The van der Waals surface area contributed by atoms with E-state index in [0.29, 0.717) is 0 Å². The maximum absolute atomic E-state index is 5.53. The molecule has 110 valence electrons. The summed E-state index contributed by atoms with van der Waals surface area (Å²) in [6.07, 6.45) is 1.89. The van der Waals surface area contributed by atoms with Gasteiger partial charge in [0.25, 0.3) is 0 Å². The average Bonchev–Trinajstić information content (AvgIpc) is 3.13. The molecule has 2 aromatic heterocycles. The van der Waals surface area contributed by atoms with Gasteiger partial charge in [0.05, 0.1) is 36.3 Å². The van der Waals surface area contributed by atoms with Crippen LogP contribution in [-0.4, -0.2) is 23.6 Å². The molecule has 0 aliphatic carbocycles. The molecule has 4 aromatic rings. The molecule has 0 spiro atoms. The van der Waals surface area contributed by atoms with Crippen molar-refractivity contribution in [1.82, 2.24) is 9.38 Å². The predicted octanol–water partition coefficient (Wildman–Crippen LogP) is 4.23. The highest BCUT2D eigenvalue weighted by molar-refractivity contribution is 7.23. The maximum Gasteiger partial charge on any atom is 0.195 e. The highest BCUT2D eigenvalue weighted by Gasteiger charge is 2.15. The molecule has 0 saturated carbocycles. The molecule has 4 rings (SSSR count). The van der Waals surface area contributed by atoms with E-state index in [9.17, 15) is 0 Å². The van der Waals surface area contributed by atoms with Crippen molar-refractivity contribution >= 4 is 26.5 Å². The van der Waals surface area contributed by atoms with Crippen molar-refractivity contribution in [3.05, 3.63) is 48.7 Å².